The van der Waals surface area contributed by atoms with Gasteiger partial charge in [0.25, 0.3) is 0 Å². The van der Waals surface area contributed by atoms with Crippen LogP contribution in [0.25, 0.3) is 0 Å². The summed E-state index contributed by atoms with van der Waals surface area (Å²) in [5.74, 6) is 1.38. The second-order valence-corrected chi connectivity index (χ2v) is 4.86. The first-order valence-corrected chi connectivity index (χ1v) is 6.94. The molecule has 0 saturated carbocycles. The number of carbonyl (C=O) groups excluding carboxylic acids is 1. The average Bonchev–Trinajstić information content (AvgIpc) is 2.53. The summed E-state index contributed by atoms with van der Waals surface area (Å²) < 4.78 is 5.66. The molecule has 1 amide bonds. The second-order valence-electron chi connectivity index (χ2n) is 4.86. The normalized spacial score (nSPS) is 11.6. The zero-order chi connectivity index (χ0) is 15.9. The van der Waals surface area contributed by atoms with Crippen LogP contribution in [0, 0.1) is 0 Å². The van der Waals surface area contributed by atoms with Crippen LogP contribution in [0.3, 0.4) is 0 Å². The van der Waals surface area contributed by atoms with E-state index in [2.05, 4.69) is 20.3 Å². The van der Waals surface area contributed by atoms with Gasteiger partial charge in [-0.2, -0.15) is 4.98 Å². The summed E-state index contributed by atoms with van der Waals surface area (Å²) in [5.41, 5.74) is 0. The van der Waals surface area contributed by atoms with E-state index in [9.17, 15) is 4.79 Å². The van der Waals surface area contributed by atoms with E-state index in [0.717, 1.165) is 5.75 Å². The number of nitrogens with one attached hydrogen (secondary N) is 1. The second kappa shape index (κ2) is 7.35. The molecule has 1 unspecified atom stereocenters. The zero-order valence-electron chi connectivity index (χ0n) is 12.9. The lowest BCUT2D eigenvalue weighted by Crippen LogP contribution is -2.27. The molecule has 0 radical (unpaired) electrons. The van der Waals surface area contributed by atoms with Crippen molar-refractivity contribution in [2.45, 2.75) is 19.9 Å². The molecule has 1 N–H and O–H groups in total. The molecule has 1 aromatic heterocycles. The van der Waals surface area contributed by atoms with Crippen LogP contribution in [0.5, 0.6) is 5.75 Å². The Hall–Kier alpha value is -2.70. The van der Waals surface area contributed by atoms with Gasteiger partial charge in [-0.05, 0) is 19.1 Å². The number of aromatic nitrogens is 3. The van der Waals surface area contributed by atoms with Gasteiger partial charge < -0.3 is 10.1 Å². The van der Waals surface area contributed by atoms with E-state index in [1.54, 1.807) is 7.05 Å². The first kappa shape index (κ1) is 15.7. The zero-order valence-corrected chi connectivity index (χ0v) is 12.9. The maximum absolute atomic E-state index is 11.3. The number of rotatable bonds is 6. The van der Waals surface area contributed by atoms with Crippen LogP contribution in [-0.2, 0) is 4.79 Å². The van der Waals surface area contributed by atoms with E-state index >= 15 is 0 Å². The number of amides is 1. The highest BCUT2D eigenvalue weighted by Crippen LogP contribution is 2.10. The number of nitrogens with zero attached hydrogens (tertiary/aromatic N) is 4. The van der Waals surface area contributed by atoms with Gasteiger partial charge >= 0.3 is 0 Å². The molecular weight excluding hydrogens is 282 g/mol. The lowest BCUT2D eigenvalue weighted by Gasteiger charge is -2.16. The summed E-state index contributed by atoms with van der Waals surface area (Å²) in [6.07, 6.45) is 1.37. The van der Waals surface area contributed by atoms with Gasteiger partial charge in [-0.15, -0.1) is 0 Å². The Morgan fingerprint density at radius 1 is 1.32 bits per heavy atom. The fourth-order valence-electron chi connectivity index (χ4n) is 1.66. The molecule has 22 heavy (non-hydrogen) atoms. The predicted octanol–water partition coefficient (Wildman–Crippen LogP) is 1.73. The summed E-state index contributed by atoms with van der Waals surface area (Å²) in [7, 11) is 1.61. The maximum atomic E-state index is 11.3. The van der Waals surface area contributed by atoms with Gasteiger partial charge in [0.15, 0.2) is 0 Å². The topological polar surface area (TPSA) is 80.2 Å². The Morgan fingerprint density at radius 2 is 2.05 bits per heavy atom. The quantitative estimate of drug-likeness (QED) is 0.875. The van der Waals surface area contributed by atoms with Crippen LogP contribution in [0.1, 0.15) is 13.8 Å². The van der Waals surface area contributed by atoms with E-state index in [1.807, 2.05) is 37.3 Å². The minimum Gasteiger partial charge on any atom is -0.491 e. The highest BCUT2D eigenvalue weighted by atomic mass is 16.5. The van der Waals surface area contributed by atoms with Crippen LogP contribution in [-0.4, -0.2) is 40.6 Å². The fraction of sp³-hybridized carbons (Fsp3) is 0.333. The van der Waals surface area contributed by atoms with Crippen LogP contribution in [0.15, 0.2) is 36.7 Å². The molecule has 1 aromatic carbocycles. The van der Waals surface area contributed by atoms with Gasteiger partial charge in [0.2, 0.25) is 17.8 Å². The summed E-state index contributed by atoms with van der Waals surface area (Å²) in [6, 6.07) is 9.57. The number of anilines is 2. The van der Waals surface area contributed by atoms with Crippen molar-refractivity contribution < 1.29 is 9.53 Å². The number of hydrogen-bond donors (Lipinski definition) is 1. The number of hydrogen-bond acceptors (Lipinski definition) is 6. The van der Waals surface area contributed by atoms with Crippen molar-refractivity contribution in [1.29, 1.82) is 0 Å². The minimum atomic E-state index is -0.141. The molecule has 0 aliphatic heterocycles. The first-order valence-electron chi connectivity index (χ1n) is 6.94. The highest BCUT2D eigenvalue weighted by molar-refractivity contribution is 5.88. The van der Waals surface area contributed by atoms with E-state index < -0.39 is 0 Å². The molecule has 0 saturated heterocycles. The van der Waals surface area contributed by atoms with Crippen LogP contribution < -0.4 is 15.0 Å². The predicted molar refractivity (Wildman–Crippen MR) is 83.9 cm³/mol. The van der Waals surface area contributed by atoms with Gasteiger partial charge in [0.05, 0.1) is 6.04 Å². The first-order chi connectivity index (χ1) is 10.6. The fourth-order valence-corrected chi connectivity index (χ4v) is 1.66. The highest BCUT2D eigenvalue weighted by Gasteiger charge is 2.11. The van der Waals surface area contributed by atoms with Gasteiger partial charge in [0.1, 0.15) is 18.7 Å². The van der Waals surface area contributed by atoms with E-state index in [0.29, 0.717) is 18.5 Å². The van der Waals surface area contributed by atoms with Gasteiger partial charge in [0, 0.05) is 14.0 Å². The Balaban J connectivity index is 1.92. The van der Waals surface area contributed by atoms with Crippen LogP contribution in [0.2, 0.25) is 0 Å². The van der Waals surface area contributed by atoms with Gasteiger partial charge in [-0.25, -0.2) is 9.97 Å². The minimum absolute atomic E-state index is 0.00177. The number of para-hydroxylation sites is 1. The molecule has 0 bridgehead atoms. The van der Waals surface area contributed by atoms with Crippen molar-refractivity contribution >= 4 is 17.8 Å². The lowest BCUT2D eigenvalue weighted by atomic mass is 10.3. The van der Waals surface area contributed by atoms with Crippen molar-refractivity contribution in [2.75, 3.05) is 23.9 Å². The Kier molecular flexibility index (Phi) is 5.24. The van der Waals surface area contributed by atoms with Crippen molar-refractivity contribution in [3.8, 4) is 5.75 Å². The number of carbonyl (C=O) groups is 1. The third kappa shape index (κ3) is 4.41. The third-order valence-electron chi connectivity index (χ3n) is 2.95. The molecule has 0 aliphatic carbocycles. The molecular formula is C15H19N5O2. The average molecular weight is 301 g/mol. The molecule has 0 spiro atoms. The van der Waals surface area contributed by atoms with E-state index in [4.69, 9.17) is 4.74 Å². The molecule has 2 aromatic rings. The smallest absolute Gasteiger partial charge is 0.236 e. The van der Waals surface area contributed by atoms with Crippen molar-refractivity contribution in [3.05, 3.63) is 36.7 Å². The van der Waals surface area contributed by atoms with Crippen molar-refractivity contribution in [3.63, 3.8) is 0 Å². The molecule has 2 rings (SSSR count). The van der Waals surface area contributed by atoms with E-state index in [1.165, 1.54) is 18.2 Å². The molecule has 7 heteroatoms. The third-order valence-corrected chi connectivity index (χ3v) is 2.95. The van der Waals surface area contributed by atoms with Crippen LogP contribution >= 0.6 is 0 Å². The number of ether oxygens (including phenoxy) is 1. The largest absolute Gasteiger partial charge is 0.491 e. The van der Waals surface area contributed by atoms with Gasteiger partial charge in [-0.1, -0.05) is 18.2 Å². The molecule has 116 valence electrons. The van der Waals surface area contributed by atoms with Gasteiger partial charge in [-0.3, -0.25) is 9.69 Å². The number of benzene rings is 1. The molecule has 0 fully saturated rings. The maximum Gasteiger partial charge on any atom is 0.236 e. The summed E-state index contributed by atoms with van der Waals surface area (Å²) in [6.45, 7) is 3.88. The standard InChI is InChI=1S/C15H19N5O2/c1-11(9-22-13-7-5-4-6-8-13)18-14-16-10-17-15(19-14)20(3)12(2)21/h4-8,10-11H,9H2,1-3H3,(H,16,17,18,19). The van der Waals surface area contributed by atoms with Crippen LogP contribution in [0.4, 0.5) is 11.9 Å². The summed E-state index contributed by atoms with van der Waals surface area (Å²) in [5, 5.41) is 3.12. The SMILES string of the molecule is CC(=O)N(C)c1ncnc(NC(C)COc2ccccc2)n1. The molecule has 0 aliphatic rings. The molecule has 1 heterocycles. The Morgan fingerprint density at radius 3 is 2.73 bits per heavy atom. The summed E-state index contributed by atoms with van der Waals surface area (Å²) in [4.78, 5) is 24.9. The van der Waals surface area contributed by atoms with Crippen molar-refractivity contribution in [2.24, 2.45) is 0 Å². The van der Waals surface area contributed by atoms with E-state index in [-0.39, 0.29) is 11.9 Å². The summed E-state index contributed by atoms with van der Waals surface area (Å²) >= 11 is 0. The molecule has 7 nitrogen and oxygen atoms in total. The Bertz CT molecular complexity index is 620. The molecule has 1 atom stereocenters. The lowest BCUT2D eigenvalue weighted by molar-refractivity contribution is -0.116. The Labute approximate surface area is 129 Å². The monoisotopic (exact) mass is 301 g/mol. The van der Waals surface area contributed by atoms with Crippen molar-refractivity contribution in [1.82, 2.24) is 15.0 Å².